The summed E-state index contributed by atoms with van der Waals surface area (Å²) in [5.41, 5.74) is 5.67. The van der Waals surface area contributed by atoms with Crippen LogP contribution in [0.3, 0.4) is 0 Å². The molecule has 2 fully saturated rings. The predicted molar refractivity (Wildman–Crippen MR) is 83.4 cm³/mol. The van der Waals surface area contributed by atoms with Gasteiger partial charge in [-0.25, -0.2) is 0 Å². The van der Waals surface area contributed by atoms with Gasteiger partial charge < -0.3 is 0 Å². The number of fused-ring (bicyclic) bond motifs is 2. The van der Waals surface area contributed by atoms with Gasteiger partial charge in [-0.15, -0.1) is 0 Å². The molecular weight excluding hydrogens is 266 g/mol. The molecule has 112 valence electrons. The van der Waals surface area contributed by atoms with E-state index in [2.05, 4.69) is 31.3 Å². The smallest absolute Gasteiger partial charge is 0.269 e. The zero-order chi connectivity index (χ0) is 15.3. The molecule has 0 spiro atoms. The SMILES string of the molecule is CC1(C)[C@@H]2CC[C@]1(C)/C(=N\Nc1ccc([N+](=O)[O-])cc1)C2. The highest BCUT2D eigenvalue weighted by Gasteiger charge is 2.59. The summed E-state index contributed by atoms with van der Waals surface area (Å²) >= 11 is 0. The van der Waals surface area contributed by atoms with Crippen LogP contribution >= 0.6 is 0 Å². The molecule has 2 saturated carbocycles. The van der Waals surface area contributed by atoms with Crippen molar-refractivity contribution in [2.75, 3.05) is 5.43 Å². The molecule has 0 heterocycles. The summed E-state index contributed by atoms with van der Waals surface area (Å²) in [4.78, 5) is 10.2. The Kier molecular flexibility index (Phi) is 3.04. The van der Waals surface area contributed by atoms with Gasteiger partial charge in [-0.05, 0) is 42.7 Å². The van der Waals surface area contributed by atoms with Gasteiger partial charge in [0.15, 0.2) is 0 Å². The average molecular weight is 287 g/mol. The maximum absolute atomic E-state index is 10.6. The molecule has 0 aliphatic heterocycles. The largest absolute Gasteiger partial charge is 0.279 e. The Hall–Kier alpha value is -1.91. The van der Waals surface area contributed by atoms with E-state index in [-0.39, 0.29) is 11.1 Å². The minimum atomic E-state index is -0.394. The number of rotatable bonds is 3. The number of benzene rings is 1. The molecule has 0 saturated heterocycles. The Labute approximate surface area is 124 Å². The second kappa shape index (κ2) is 4.55. The third-order valence-electron chi connectivity index (χ3n) is 5.91. The number of nitro groups is 1. The van der Waals surface area contributed by atoms with Crippen LogP contribution in [0.4, 0.5) is 11.4 Å². The summed E-state index contributed by atoms with van der Waals surface area (Å²) in [5.74, 6) is 0.722. The number of anilines is 1. The Morgan fingerprint density at radius 1 is 1.29 bits per heavy atom. The van der Waals surface area contributed by atoms with Crippen LogP contribution in [-0.2, 0) is 0 Å². The van der Waals surface area contributed by atoms with Crippen LogP contribution in [0.2, 0.25) is 0 Å². The van der Waals surface area contributed by atoms with E-state index in [1.54, 1.807) is 12.1 Å². The first kappa shape index (κ1) is 14.0. The van der Waals surface area contributed by atoms with E-state index in [0.717, 1.165) is 18.0 Å². The number of non-ortho nitro benzene ring substituents is 1. The molecule has 1 aromatic rings. The summed E-state index contributed by atoms with van der Waals surface area (Å²) in [7, 11) is 0. The quantitative estimate of drug-likeness (QED) is 0.669. The van der Waals surface area contributed by atoms with Gasteiger partial charge in [0.05, 0.1) is 10.6 Å². The second-order valence-corrected chi connectivity index (χ2v) is 6.97. The van der Waals surface area contributed by atoms with E-state index >= 15 is 0 Å². The summed E-state index contributed by atoms with van der Waals surface area (Å²) in [6.45, 7) is 7.01. The van der Waals surface area contributed by atoms with Crippen molar-refractivity contribution in [2.24, 2.45) is 21.8 Å². The van der Waals surface area contributed by atoms with E-state index in [4.69, 9.17) is 0 Å². The van der Waals surface area contributed by atoms with Gasteiger partial charge in [0.25, 0.3) is 5.69 Å². The molecule has 1 N–H and O–H groups in total. The second-order valence-electron chi connectivity index (χ2n) is 6.97. The van der Waals surface area contributed by atoms with Gasteiger partial charge in [-0.1, -0.05) is 20.8 Å². The molecule has 2 bridgehead atoms. The summed E-state index contributed by atoms with van der Waals surface area (Å²) in [5, 5.41) is 15.3. The lowest BCUT2D eigenvalue weighted by Crippen LogP contribution is -2.32. The molecule has 0 aromatic heterocycles. The first-order valence-electron chi connectivity index (χ1n) is 7.42. The zero-order valence-corrected chi connectivity index (χ0v) is 12.7. The summed E-state index contributed by atoms with van der Waals surface area (Å²) < 4.78 is 0. The molecule has 5 nitrogen and oxygen atoms in total. The Morgan fingerprint density at radius 3 is 2.43 bits per heavy atom. The van der Waals surface area contributed by atoms with Crippen molar-refractivity contribution < 1.29 is 4.92 Å². The minimum absolute atomic E-state index is 0.0984. The van der Waals surface area contributed by atoms with E-state index in [0.29, 0.717) is 5.41 Å². The predicted octanol–water partition coefficient (Wildman–Crippen LogP) is 4.21. The molecule has 5 heteroatoms. The fraction of sp³-hybridized carbons (Fsp3) is 0.562. The van der Waals surface area contributed by atoms with Crippen LogP contribution in [0.15, 0.2) is 29.4 Å². The minimum Gasteiger partial charge on any atom is -0.279 e. The Balaban J connectivity index is 1.77. The van der Waals surface area contributed by atoms with E-state index in [9.17, 15) is 10.1 Å². The molecule has 2 aliphatic carbocycles. The van der Waals surface area contributed by atoms with Gasteiger partial charge in [0.2, 0.25) is 0 Å². The number of hydrogen-bond donors (Lipinski definition) is 1. The molecule has 0 unspecified atom stereocenters. The lowest BCUT2D eigenvalue weighted by Gasteiger charge is -2.34. The van der Waals surface area contributed by atoms with Crippen molar-refractivity contribution in [3.8, 4) is 0 Å². The van der Waals surface area contributed by atoms with E-state index in [1.165, 1.54) is 30.7 Å². The molecule has 2 atom stereocenters. The number of hydrogen-bond acceptors (Lipinski definition) is 4. The van der Waals surface area contributed by atoms with Gasteiger partial charge in [0, 0.05) is 23.3 Å². The topological polar surface area (TPSA) is 67.5 Å². The van der Waals surface area contributed by atoms with Crippen LogP contribution in [0, 0.1) is 26.9 Å². The Bertz CT molecular complexity index is 606. The van der Waals surface area contributed by atoms with Crippen LogP contribution in [-0.4, -0.2) is 10.6 Å². The van der Waals surface area contributed by atoms with Crippen LogP contribution < -0.4 is 5.43 Å². The number of nitrogens with zero attached hydrogens (tertiary/aromatic N) is 2. The molecule has 3 rings (SSSR count). The molecule has 2 aliphatic rings. The van der Waals surface area contributed by atoms with Crippen LogP contribution in [0.5, 0.6) is 0 Å². The van der Waals surface area contributed by atoms with Crippen LogP contribution in [0.1, 0.15) is 40.0 Å². The third kappa shape index (κ3) is 2.03. The fourth-order valence-corrected chi connectivity index (χ4v) is 3.89. The van der Waals surface area contributed by atoms with Gasteiger partial charge >= 0.3 is 0 Å². The van der Waals surface area contributed by atoms with Crippen molar-refractivity contribution in [3.63, 3.8) is 0 Å². The standard InChI is InChI=1S/C16H21N3O2/c1-15(2)11-8-9-16(15,3)14(10-11)18-17-12-4-6-13(7-5-12)19(20)21/h4-7,11,17H,8-10H2,1-3H3/b18-14-/t11-,16-/m1/s1. The lowest BCUT2D eigenvalue weighted by molar-refractivity contribution is -0.384. The highest BCUT2D eigenvalue weighted by Crippen LogP contribution is 2.63. The maximum atomic E-state index is 10.6. The van der Waals surface area contributed by atoms with Crippen LogP contribution in [0.25, 0.3) is 0 Å². The van der Waals surface area contributed by atoms with Gasteiger partial charge in [0.1, 0.15) is 0 Å². The average Bonchev–Trinajstić information content (AvgIpc) is 2.78. The van der Waals surface area contributed by atoms with Crippen molar-refractivity contribution in [1.29, 1.82) is 0 Å². The number of nitro benzene ring substituents is 1. The van der Waals surface area contributed by atoms with Crippen molar-refractivity contribution in [3.05, 3.63) is 34.4 Å². The lowest BCUT2D eigenvalue weighted by atomic mass is 9.70. The molecule has 0 radical (unpaired) electrons. The zero-order valence-electron chi connectivity index (χ0n) is 12.7. The van der Waals surface area contributed by atoms with Crippen molar-refractivity contribution in [2.45, 2.75) is 40.0 Å². The fourth-order valence-electron chi connectivity index (χ4n) is 3.89. The molecule has 21 heavy (non-hydrogen) atoms. The molecule has 1 aromatic carbocycles. The van der Waals surface area contributed by atoms with E-state index in [1.807, 2.05) is 0 Å². The molecule has 0 amide bonds. The maximum Gasteiger partial charge on any atom is 0.269 e. The Morgan fingerprint density at radius 2 is 1.95 bits per heavy atom. The normalized spacial score (nSPS) is 31.6. The van der Waals surface area contributed by atoms with Gasteiger partial charge in [-0.2, -0.15) is 5.10 Å². The number of hydrazone groups is 1. The van der Waals surface area contributed by atoms with Gasteiger partial charge in [-0.3, -0.25) is 15.5 Å². The first-order valence-corrected chi connectivity index (χ1v) is 7.42. The molecular formula is C16H21N3O2. The van der Waals surface area contributed by atoms with Crippen molar-refractivity contribution >= 4 is 17.1 Å². The third-order valence-corrected chi connectivity index (χ3v) is 5.91. The summed E-state index contributed by atoms with van der Waals surface area (Å²) in [6.07, 6.45) is 3.55. The van der Waals surface area contributed by atoms with E-state index < -0.39 is 4.92 Å². The highest BCUT2D eigenvalue weighted by atomic mass is 16.6. The number of nitrogens with one attached hydrogen (secondary N) is 1. The highest BCUT2D eigenvalue weighted by molar-refractivity contribution is 5.94. The first-order chi connectivity index (χ1) is 9.84. The monoisotopic (exact) mass is 287 g/mol. The summed E-state index contributed by atoms with van der Waals surface area (Å²) in [6, 6.07) is 6.38. The van der Waals surface area contributed by atoms with Crippen molar-refractivity contribution in [1.82, 2.24) is 0 Å².